The summed E-state index contributed by atoms with van der Waals surface area (Å²) < 4.78 is 5.56. The highest BCUT2D eigenvalue weighted by Gasteiger charge is 2.40. The summed E-state index contributed by atoms with van der Waals surface area (Å²) >= 11 is 0. The summed E-state index contributed by atoms with van der Waals surface area (Å²) in [5.41, 5.74) is 1.06. The maximum absolute atomic E-state index is 12.2. The molecule has 2 amide bonds. The third-order valence-corrected chi connectivity index (χ3v) is 3.61. The van der Waals surface area contributed by atoms with Crippen LogP contribution in [-0.2, 0) is 20.9 Å². The lowest BCUT2D eigenvalue weighted by Crippen LogP contribution is -2.60. The number of piperazine rings is 1. The standard InChI is InChI=1S/C15H18N2O3/c18-14-8-17(12-6-7-12)15(19)13(16-14)10-20-9-11-4-2-1-3-5-11/h1-5,12-13H,6-10H2,(H,16,18)/t13-/m0/s1. The van der Waals surface area contributed by atoms with Crippen molar-refractivity contribution in [1.82, 2.24) is 10.2 Å². The van der Waals surface area contributed by atoms with E-state index < -0.39 is 6.04 Å². The van der Waals surface area contributed by atoms with Gasteiger partial charge in [0.15, 0.2) is 0 Å². The van der Waals surface area contributed by atoms with Crippen molar-refractivity contribution in [2.45, 2.75) is 31.5 Å². The van der Waals surface area contributed by atoms with E-state index in [2.05, 4.69) is 5.32 Å². The highest BCUT2D eigenvalue weighted by molar-refractivity contribution is 5.95. The molecule has 1 atom stereocenters. The van der Waals surface area contributed by atoms with Gasteiger partial charge >= 0.3 is 0 Å². The van der Waals surface area contributed by atoms with Crippen LogP contribution in [0, 0.1) is 0 Å². The van der Waals surface area contributed by atoms with E-state index >= 15 is 0 Å². The van der Waals surface area contributed by atoms with Crippen LogP contribution in [0.25, 0.3) is 0 Å². The Kier molecular flexibility index (Phi) is 3.69. The first kappa shape index (κ1) is 13.1. The zero-order valence-corrected chi connectivity index (χ0v) is 11.2. The quantitative estimate of drug-likeness (QED) is 0.859. The van der Waals surface area contributed by atoms with Gasteiger partial charge in [0.2, 0.25) is 11.8 Å². The van der Waals surface area contributed by atoms with Gasteiger partial charge in [0.25, 0.3) is 0 Å². The molecule has 1 aliphatic heterocycles. The first-order valence-electron chi connectivity index (χ1n) is 6.95. The number of amides is 2. The molecule has 0 unspecified atom stereocenters. The van der Waals surface area contributed by atoms with E-state index in [1.807, 2.05) is 30.3 Å². The van der Waals surface area contributed by atoms with Gasteiger partial charge in [-0.3, -0.25) is 9.59 Å². The minimum atomic E-state index is -0.541. The van der Waals surface area contributed by atoms with Crippen molar-refractivity contribution < 1.29 is 14.3 Å². The minimum Gasteiger partial charge on any atom is -0.374 e. The lowest BCUT2D eigenvalue weighted by molar-refractivity contribution is -0.146. The molecule has 2 aliphatic rings. The molecule has 0 aromatic heterocycles. The summed E-state index contributed by atoms with van der Waals surface area (Å²) in [5, 5.41) is 2.71. The molecular weight excluding hydrogens is 256 g/mol. The van der Waals surface area contributed by atoms with Gasteiger partial charge in [-0.05, 0) is 18.4 Å². The Morgan fingerprint density at radius 1 is 1.20 bits per heavy atom. The van der Waals surface area contributed by atoms with Gasteiger partial charge in [0, 0.05) is 6.04 Å². The van der Waals surface area contributed by atoms with Gasteiger partial charge < -0.3 is 15.0 Å². The molecule has 1 saturated carbocycles. The molecule has 1 heterocycles. The van der Waals surface area contributed by atoms with Gasteiger partial charge in [-0.2, -0.15) is 0 Å². The summed E-state index contributed by atoms with van der Waals surface area (Å²) in [6.07, 6.45) is 2.02. The zero-order valence-electron chi connectivity index (χ0n) is 11.2. The predicted molar refractivity (Wildman–Crippen MR) is 72.8 cm³/mol. The normalized spacial score (nSPS) is 22.8. The predicted octanol–water partition coefficient (Wildman–Crippen LogP) is 0.693. The van der Waals surface area contributed by atoms with Crippen molar-refractivity contribution in [3.05, 3.63) is 35.9 Å². The van der Waals surface area contributed by atoms with E-state index in [-0.39, 0.29) is 31.0 Å². The monoisotopic (exact) mass is 274 g/mol. The van der Waals surface area contributed by atoms with Crippen LogP contribution < -0.4 is 5.32 Å². The molecule has 1 aromatic rings. The van der Waals surface area contributed by atoms with Gasteiger partial charge in [0.05, 0.1) is 19.8 Å². The number of rotatable bonds is 5. The van der Waals surface area contributed by atoms with Crippen molar-refractivity contribution in [3.63, 3.8) is 0 Å². The van der Waals surface area contributed by atoms with Crippen LogP contribution in [0.5, 0.6) is 0 Å². The second kappa shape index (κ2) is 5.63. The smallest absolute Gasteiger partial charge is 0.248 e. The summed E-state index contributed by atoms with van der Waals surface area (Å²) in [5.74, 6) is -0.107. The van der Waals surface area contributed by atoms with Crippen LogP contribution in [0.2, 0.25) is 0 Å². The zero-order chi connectivity index (χ0) is 13.9. The lowest BCUT2D eigenvalue weighted by atomic mass is 10.2. The second-order valence-electron chi connectivity index (χ2n) is 5.32. The summed E-state index contributed by atoms with van der Waals surface area (Å²) in [6.45, 7) is 0.866. The van der Waals surface area contributed by atoms with Gasteiger partial charge in [0.1, 0.15) is 6.04 Å². The molecule has 20 heavy (non-hydrogen) atoms. The average Bonchev–Trinajstić information content (AvgIpc) is 3.28. The summed E-state index contributed by atoms with van der Waals surface area (Å²) in [6, 6.07) is 9.50. The van der Waals surface area contributed by atoms with E-state index in [1.54, 1.807) is 4.90 Å². The molecule has 2 fully saturated rings. The fourth-order valence-electron chi connectivity index (χ4n) is 2.41. The molecule has 5 heteroatoms. The van der Waals surface area contributed by atoms with E-state index in [4.69, 9.17) is 4.74 Å². The molecule has 106 valence electrons. The molecule has 0 spiro atoms. The number of nitrogens with one attached hydrogen (secondary N) is 1. The number of carbonyl (C=O) groups is 2. The van der Waals surface area contributed by atoms with Crippen LogP contribution in [0.4, 0.5) is 0 Å². The summed E-state index contributed by atoms with van der Waals surface area (Å²) in [7, 11) is 0. The van der Waals surface area contributed by atoms with Crippen molar-refractivity contribution in [3.8, 4) is 0 Å². The fourth-order valence-corrected chi connectivity index (χ4v) is 2.41. The van der Waals surface area contributed by atoms with Crippen LogP contribution in [-0.4, -0.2) is 41.9 Å². The highest BCUT2D eigenvalue weighted by Crippen LogP contribution is 2.28. The number of hydrogen-bond donors (Lipinski definition) is 1. The Labute approximate surface area is 117 Å². The molecule has 1 N–H and O–H groups in total. The maximum Gasteiger partial charge on any atom is 0.248 e. The number of nitrogens with zero attached hydrogens (tertiary/aromatic N) is 1. The van der Waals surface area contributed by atoms with Crippen molar-refractivity contribution in [2.75, 3.05) is 13.2 Å². The largest absolute Gasteiger partial charge is 0.374 e. The Balaban J connectivity index is 1.53. The van der Waals surface area contributed by atoms with E-state index in [9.17, 15) is 9.59 Å². The van der Waals surface area contributed by atoms with Crippen LogP contribution >= 0.6 is 0 Å². The Bertz CT molecular complexity index is 499. The lowest BCUT2D eigenvalue weighted by Gasteiger charge is -2.32. The van der Waals surface area contributed by atoms with Gasteiger partial charge in [-0.1, -0.05) is 30.3 Å². The first-order valence-corrected chi connectivity index (χ1v) is 6.95. The molecular formula is C15H18N2O3. The molecule has 5 nitrogen and oxygen atoms in total. The SMILES string of the molecule is O=C1CN(C2CC2)C(=O)[C@H](COCc2ccccc2)N1. The van der Waals surface area contributed by atoms with Crippen molar-refractivity contribution in [1.29, 1.82) is 0 Å². The number of benzene rings is 1. The Hall–Kier alpha value is -1.88. The van der Waals surface area contributed by atoms with E-state index in [0.29, 0.717) is 6.61 Å². The van der Waals surface area contributed by atoms with Gasteiger partial charge in [-0.15, -0.1) is 0 Å². The molecule has 1 aromatic carbocycles. The Morgan fingerprint density at radius 3 is 2.65 bits per heavy atom. The number of hydrogen-bond acceptors (Lipinski definition) is 3. The fraction of sp³-hybridized carbons (Fsp3) is 0.467. The number of ether oxygens (including phenoxy) is 1. The highest BCUT2D eigenvalue weighted by atomic mass is 16.5. The van der Waals surface area contributed by atoms with E-state index in [1.165, 1.54) is 0 Å². The molecule has 1 saturated heterocycles. The van der Waals surface area contributed by atoms with Crippen LogP contribution in [0.3, 0.4) is 0 Å². The molecule has 1 aliphatic carbocycles. The topological polar surface area (TPSA) is 58.6 Å². The molecule has 3 rings (SSSR count). The number of carbonyl (C=O) groups excluding carboxylic acids is 2. The minimum absolute atomic E-state index is 0.0137. The third kappa shape index (κ3) is 2.99. The van der Waals surface area contributed by atoms with Crippen LogP contribution in [0.1, 0.15) is 18.4 Å². The third-order valence-electron chi connectivity index (χ3n) is 3.61. The van der Waals surface area contributed by atoms with Gasteiger partial charge in [-0.25, -0.2) is 0 Å². The molecule has 0 bridgehead atoms. The molecule has 0 radical (unpaired) electrons. The van der Waals surface area contributed by atoms with Crippen molar-refractivity contribution >= 4 is 11.8 Å². The average molecular weight is 274 g/mol. The maximum atomic E-state index is 12.2. The van der Waals surface area contributed by atoms with Crippen molar-refractivity contribution in [2.24, 2.45) is 0 Å². The first-order chi connectivity index (χ1) is 9.74. The van der Waals surface area contributed by atoms with Crippen LogP contribution in [0.15, 0.2) is 30.3 Å². The Morgan fingerprint density at radius 2 is 1.95 bits per heavy atom. The summed E-state index contributed by atoms with van der Waals surface area (Å²) in [4.78, 5) is 25.6. The second-order valence-corrected chi connectivity index (χ2v) is 5.32. The van der Waals surface area contributed by atoms with E-state index in [0.717, 1.165) is 18.4 Å².